The van der Waals surface area contributed by atoms with Crippen LogP contribution in [-0.4, -0.2) is 49.9 Å². The van der Waals surface area contributed by atoms with Gasteiger partial charge in [0.2, 0.25) is 0 Å². The number of nitrogens with one attached hydrogen (secondary N) is 2. The first-order chi connectivity index (χ1) is 12.0. The summed E-state index contributed by atoms with van der Waals surface area (Å²) < 4.78 is 0.990. The van der Waals surface area contributed by atoms with Gasteiger partial charge in [0, 0.05) is 23.2 Å². The van der Waals surface area contributed by atoms with E-state index in [1.165, 1.54) is 19.3 Å². The van der Waals surface area contributed by atoms with Crippen LogP contribution in [0.4, 0.5) is 5.69 Å². The molecule has 25 heavy (non-hydrogen) atoms. The number of halogens is 1. The van der Waals surface area contributed by atoms with Gasteiger partial charge in [-0.05, 0) is 43.5 Å². The minimum absolute atomic E-state index is 0.0663. The number of anilines is 1. The minimum atomic E-state index is -0.0663. The monoisotopic (exact) mass is 410 g/mol. The summed E-state index contributed by atoms with van der Waals surface area (Å²) in [4.78, 5) is 27.6. The van der Waals surface area contributed by atoms with Crippen LogP contribution in [-0.2, 0) is 9.59 Å². The fourth-order valence-corrected chi connectivity index (χ4v) is 3.64. The normalized spacial score (nSPS) is 16.7. The molecule has 1 atom stereocenters. The van der Waals surface area contributed by atoms with E-state index in [1.807, 2.05) is 37.1 Å². The average molecular weight is 411 g/mol. The van der Waals surface area contributed by atoms with Gasteiger partial charge in [0.15, 0.2) is 13.1 Å². The lowest BCUT2D eigenvalue weighted by atomic mass is 10.1. The summed E-state index contributed by atoms with van der Waals surface area (Å²) in [6, 6.07) is 5.76. The first kappa shape index (κ1) is 19.9. The Kier molecular flexibility index (Phi) is 7.90. The fourth-order valence-electron chi connectivity index (χ4n) is 3.17. The van der Waals surface area contributed by atoms with E-state index in [0.29, 0.717) is 6.54 Å². The number of carbonyl (C=O) groups is 2. The van der Waals surface area contributed by atoms with Crippen molar-refractivity contribution in [3.63, 3.8) is 0 Å². The van der Waals surface area contributed by atoms with Crippen molar-refractivity contribution in [3.8, 4) is 0 Å². The molecule has 1 aromatic carbocycles. The molecule has 2 rings (SSSR count). The summed E-state index contributed by atoms with van der Waals surface area (Å²) in [7, 11) is 1.90. The van der Waals surface area contributed by atoms with Gasteiger partial charge in [-0.3, -0.25) is 9.59 Å². The number of hydrogen-bond acceptors (Lipinski definition) is 2. The molecule has 6 heteroatoms. The number of carbonyl (C=O) groups excluding carboxylic acids is 2. The van der Waals surface area contributed by atoms with Gasteiger partial charge >= 0.3 is 0 Å². The Hall–Kier alpha value is -1.40. The zero-order chi connectivity index (χ0) is 18.2. The predicted octanol–water partition coefficient (Wildman–Crippen LogP) is 2.00. The molecule has 0 saturated carbocycles. The van der Waals surface area contributed by atoms with Crippen LogP contribution in [0, 0.1) is 6.92 Å². The van der Waals surface area contributed by atoms with Crippen LogP contribution in [0.3, 0.4) is 0 Å². The zero-order valence-electron chi connectivity index (χ0n) is 15.2. The van der Waals surface area contributed by atoms with Crippen LogP contribution in [0.25, 0.3) is 0 Å². The van der Waals surface area contributed by atoms with E-state index < -0.39 is 0 Å². The smallest absolute Gasteiger partial charge is 0.279 e. The number of likely N-dealkylation sites (N-methyl/N-ethyl adjacent to an activating group) is 1. The molecule has 0 bridgehead atoms. The van der Waals surface area contributed by atoms with Gasteiger partial charge in [0.25, 0.3) is 11.8 Å². The van der Waals surface area contributed by atoms with Crippen LogP contribution < -0.4 is 10.2 Å². The lowest BCUT2D eigenvalue weighted by Crippen LogP contribution is -3.11. The van der Waals surface area contributed by atoms with Crippen molar-refractivity contribution >= 4 is 33.4 Å². The molecule has 0 aromatic heterocycles. The summed E-state index contributed by atoms with van der Waals surface area (Å²) in [5, 5.41) is 2.93. The first-order valence-corrected chi connectivity index (χ1v) is 9.90. The maximum Gasteiger partial charge on any atom is 0.279 e. The van der Waals surface area contributed by atoms with Crippen LogP contribution in [0.1, 0.15) is 37.7 Å². The van der Waals surface area contributed by atoms with Gasteiger partial charge in [-0.25, -0.2) is 0 Å². The van der Waals surface area contributed by atoms with Gasteiger partial charge in [-0.2, -0.15) is 0 Å². The number of aryl methyl sites for hydroxylation is 1. The molecule has 1 heterocycles. The highest BCUT2D eigenvalue weighted by atomic mass is 79.9. The second-order valence-electron chi connectivity index (χ2n) is 6.97. The Balaban J connectivity index is 1.80. The minimum Gasteiger partial charge on any atom is -0.338 e. The number of nitrogens with zero attached hydrogens (tertiary/aromatic N) is 1. The van der Waals surface area contributed by atoms with E-state index in [4.69, 9.17) is 0 Å². The van der Waals surface area contributed by atoms with E-state index in [0.717, 1.165) is 46.6 Å². The van der Waals surface area contributed by atoms with Gasteiger partial charge in [-0.1, -0.05) is 35.2 Å². The molecule has 0 aliphatic carbocycles. The third-order valence-electron chi connectivity index (χ3n) is 4.59. The molecule has 1 saturated heterocycles. The molecular weight excluding hydrogens is 382 g/mol. The van der Waals surface area contributed by atoms with E-state index in [2.05, 4.69) is 21.2 Å². The third-order valence-corrected chi connectivity index (χ3v) is 5.08. The molecule has 2 amide bonds. The van der Waals surface area contributed by atoms with Crippen molar-refractivity contribution in [2.75, 3.05) is 38.5 Å². The number of quaternary nitrogens is 1. The molecule has 0 spiro atoms. The van der Waals surface area contributed by atoms with E-state index in [1.54, 1.807) is 0 Å². The number of rotatable bonds is 5. The summed E-state index contributed by atoms with van der Waals surface area (Å²) in [5.41, 5.74) is 1.83. The lowest BCUT2D eigenvalue weighted by molar-refractivity contribution is -0.862. The average Bonchev–Trinajstić information content (AvgIpc) is 2.49. The Morgan fingerprint density at radius 1 is 1.12 bits per heavy atom. The summed E-state index contributed by atoms with van der Waals surface area (Å²) in [6.07, 6.45) is 5.88. The van der Waals surface area contributed by atoms with Gasteiger partial charge in [0.05, 0.1) is 7.05 Å². The maximum atomic E-state index is 12.5. The summed E-state index contributed by atoms with van der Waals surface area (Å²) in [5.74, 6) is 0.0930. The molecule has 1 aliphatic rings. The Morgan fingerprint density at radius 3 is 2.40 bits per heavy atom. The van der Waals surface area contributed by atoms with Crippen molar-refractivity contribution in [3.05, 3.63) is 28.2 Å². The second-order valence-corrected chi connectivity index (χ2v) is 7.88. The molecule has 2 N–H and O–H groups in total. The molecule has 1 aromatic rings. The third kappa shape index (κ3) is 6.78. The van der Waals surface area contributed by atoms with Crippen LogP contribution in [0.15, 0.2) is 22.7 Å². The maximum absolute atomic E-state index is 12.5. The molecule has 0 radical (unpaired) electrons. The molecule has 1 fully saturated rings. The van der Waals surface area contributed by atoms with E-state index in [-0.39, 0.29) is 18.4 Å². The predicted molar refractivity (Wildman–Crippen MR) is 104 cm³/mol. The largest absolute Gasteiger partial charge is 0.338 e. The summed E-state index contributed by atoms with van der Waals surface area (Å²) in [6.45, 7) is 4.33. The van der Waals surface area contributed by atoms with Crippen molar-refractivity contribution in [1.29, 1.82) is 0 Å². The number of amides is 2. The van der Waals surface area contributed by atoms with Crippen molar-refractivity contribution in [2.45, 2.75) is 39.0 Å². The van der Waals surface area contributed by atoms with E-state index in [9.17, 15) is 9.59 Å². The highest BCUT2D eigenvalue weighted by Crippen LogP contribution is 2.19. The molecule has 1 aliphatic heterocycles. The highest BCUT2D eigenvalue weighted by Gasteiger charge is 2.20. The molecule has 1 unspecified atom stereocenters. The SMILES string of the molecule is Cc1cc(Br)ccc1NC(=O)C[NH+](C)CC(=O)N1CCCCCCC1. The Labute approximate surface area is 158 Å². The Morgan fingerprint density at radius 2 is 1.76 bits per heavy atom. The first-order valence-electron chi connectivity index (χ1n) is 9.11. The van der Waals surface area contributed by atoms with Crippen molar-refractivity contribution in [2.24, 2.45) is 0 Å². The van der Waals surface area contributed by atoms with Gasteiger partial charge in [0.1, 0.15) is 0 Å². The second kappa shape index (κ2) is 9.92. The zero-order valence-corrected chi connectivity index (χ0v) is 16.8. The molecule has 138 valence electrons. The summed E-state index contributed by atoms with van der Waals surface area (Å²) >= 11 is 3.42. The molecular formula is C19H29BrN3O2+. The van der Waals surface area contributed by atoms with Crippen LogP contribution >= 0.6 is 15.9 Å². The topological polar surface area (TPSA) is 53.9 Å². The standard InChI is InChI=1S/C19H28BrN3O2/c1-15-12-16(20)8-9-17(15)21-18(24)13-22(2)14-19(25)23-10-6-4-3-5-7-11-23/h8-9,12H,3-7,10-11,13-14H2,1-2H3,(H,21,24)/p+1. The van der Waals surface area contributed by atoms with Crippen LogP contribution in [0.2, 0.25) is 0 Å². The number of likely N-dealkylation sites (tertiary alicyclic amines) is 1. The Bertz CT molecular complexity index is 598. The highest BCUT2D eigenvalue weighted by molar-refractivity contribution is 9.10. The van der Waals surface area contributed by atoms with Crippen LogP contribution in [0.5, 0.6) is 0 Å². The quantitative estimate of drug-likeness (QED) is 0.779. The molecule has 5 nitrogen and oxygen atoms in total. The van der Waals surface area contributed by atoms with Gasteiger partial charge < -0.3 is 15.1 Å². The van der Waals surface area contributed by atoms with Crippen molar-refractivity contribution in [1.82, 2.24) is 4.90 Å². The number of hydrogen-bond donors (Lipinski definition) is 2. The fraction of sp³-hybridized carbons (Fsp3) is 0.579. The van der Waals surface area contributed by atoms with Gasteiger partial charge in [-0.15, -0.1) is 0 Å². The number of benzene rings is 1. The van der Waals surface area contributed by atoms with E-state index >= 15 is 0 Å². The lowest BCUT2D eigenvalue weighted by Gasteiger charge is -2.25. The van der Waals surface area contributed by atoms with Crippen molar-refractivity contribution < 1.29 is 14.5 Å².